The Morgan fingerprint density at radius 1 is 0.724 bits per heavy atom. The van der Waals surface area contributed by atoms with Gasteiger partial charge in [-0.2, -0.15) is 0 Å². The Balaban J connectivity index is 1.44. The van der Waals surface area contributed by atoms with Gasteiger partial charge in [0.25, 0.3) is 0 Å². The molecule has 1 aliphatic rings. The summed E-state index contributed by atoms with van der Waals surface area (Å²) in [5, 5.41) is 0. The Morgan fingerprint density at radius 3 is 2.07 bits per heavy atom. The molecule has 29 heavy (non-hydrogen) atoms. The van der Waals surface area contributed by atoms with E-state index in [0.717, 1.165) is 35.5 Å². The quantitative estimate of drug-likeness (QED) is 0.337. The predicted molar refractivity (Wildman–Crippen MR) is 115 cm³/mol. The zero-order valence-electron chi connectivity index (χ0n) is 16.6. The molecular formula is C26H26O3. The molecule has 1 saturated carbocycles. The SMILES string of the molecule is O=C(CC1CCCCC1)Oc1cccc(-c2cccc(Oc3ccccc3)c2)c1. The van der Waals surface area contributed by atoms with Crippen LogP contribution in [0.5, 0.6) is 17.2 Å². The molecule has 0 spiro atoms. The van der Waals surface area contributed by atoms with Gasteiger partial charge in [0.1, 0.15) is 17.2 Å². The van der Waals surface area contributed by atoms with Gasteiger partial charge < -0.3 is 9.47 Å². The summed E-state index contributed by atoms with van der Waals surface area (Å²) in [7, 11) is 0. The Kier molecular flexibility index (Phi) is 6.25. The normalized spacial score (nSPS) is 14.3. The van der Waals surface area contributed by atoms with E-state index in [4.69, 9.17) is 9.47 Å². The van der Waals surface area contributed by atoms with Crippen molar-refractivity contribution in [2.45, 2.75) is 38.5 Å². The van der Waals surface area contributed by atoms with Crippen molar-refractivity contribution in [3.63, 3.8) is 0 Å². The van der Waals surface area contributed by atoms with E-state index in [0.29, 0.717) is 18.1 Å². The molecule has 0 amide bonds. The van der Waals surface area contributed by atoms with E-state index in [-0.39, 0.29) is 5.97 Å². The number of ether oxygens (including phenoxy) is 2. The van der Waals surface area contributed by atoms with Crippen LogP contribution >= 0.6 is 0 Å². The van der Waals surface area contributed by atoms with Crippen molar-refractivity contribution in [1.82, 2.24) is 0 Å². The fourth-order valence-corrected chi connectivity index (χ4v) is 3.90. The summed E-state index contributed by atoms with van der Waals surface area (Å²) in [6, 6.07) is 25.3. The molecule has 0 aromatic heterocycles. The van der Waals surface area contributed by atoms with Gasteiger partial charge >= 0.3 is 5.97 Å². The zero-order valence-corrected chi connectivity index (χ0v) is 16.6. The molecule has 0 unspecified atom stereocenters. The molecule has 0 aliphatic heterocycles. The number of benzene rings is 3. The Bertz CT molecular complexity index is 943. The average Bonchev–Trinajstić information content (AvgIpc) is 2.75. The molecule has 0 atom stereocenters. The van der Waals surface area contributed by atoms with Gasteiger partial charge in [-0.15, -0.1) is 0 Å². The summed E-state index contributed by atoms with van der Waals surface area (Å²) in [6.45, 7) is 0. The second-order valence-electron chi connectivity index (χ2n) is 7.65. The van der Waals surface area contributed by atoms with E-state index in [1.54, 1.807) is 0 Å². The second-order valence-corrected chi connectivity index (χ2v) is 7.65. The lowest BCUT2D eigenvalue weighted by Gasteiger charge is -2.20. The van der Waals surface area contributed by atoms with E-state index in [2.05, 4.69) is 0 Å². The molecule has 148 valence electrons. The van der Waals surface area contributed by atoms with Gasteiger partial charge in [-0.25, -0.2) is 0 Å². The summed E-state index contributed by atoms with van der Waals surface area (Å²) in [4.78, 5) is 12.3. The number of carbonyl (C=O) groups excluding carboxylic acids is 1. The van der Waals surface area contributed by atoms with Crippen LogP contribution in [0, 0.1) is 5.92 Å². The maximum atomic E-state index is 12.3. The summed E-state index contributed by atoms with van der Waals surface area (Å²) < 4.78 is 11.6. The van der Waals surface area contributed by atoms with Crippen molar-refractivity contribution in [2.75, 3.05) is 0 Å². The van der Waals surface area contributed by atoms with Crippen LogP contribution in [0.2, 0.25) is 0 Å². The fourth-order valence-electron chi connectivity index (χ4n) is 3.90. The standard InChI is InChI=1S/C26H26O3/c27-26(17-20-9-3-1-4-10-20)29-25-16-8-12-22(19-25)21-11-7-15-24(18-21)28-23-13-5-2-6-14-23/h2,5-8,11-16,18-20H,1,3-4,9-10,17H2. The molecule has 0 bridgehead atoms. The summed E-state index contributed by atoms with van der Waals surface area (Å²) in [6.07, 6.45) is 6.56. The van der Waals surface area contributed by atoms with Crippen LogP contribution in [0.3, 0.4) is 0 Å². The Labute approximate surface area is 172 Å². The first kappa shape index (κ1) is 19.3. The molecule has 3 aromatic carbocycles. The van der Waals surface area contributed by atoms with Gasteiger partial charge in [-0.05, 0) is 66.3 Å². The van der Waals surface area contributed by atoms with Crippen molar-refractivity contribution >= 4 is 5.97 Å². The largest absolute Gasteiger partial charge is 0.457 e. The van der Waals surface area contributed by atoms with Gasteiger partial charge in [0, 0.05) is 6.42 Å². The lowest BCUT2D eigenvalue weighted by atomic mass is 9.87. The Morgan fingerprint density at radius 2 is 1.34 bits per heavy atom. The molecule has 1 aliphatic carbocycles. The third-order valence-corrected chi connectivity index (χ3v) is 5.39. The lowest BCUT2D eigenvalue weighted by Crippen LogP contribution is -2.16. The van der Waals surface area contributed by atoms with Crippen LogP contribution in [-0.4, -0.2) is 5.97 Å². The molecule has 3 heteroatoms. The third kappa shape index (κ3) is 5.47. The van der Waals surface area contributed by atoms with Gasteiger partial charge in [0.05, 0.1) is 0 Å². The minimum absolute atomic E-state index is 0.129. The topological polar surface area (TPSA) is 35.5 Å². The number of para-hydroxylation sites is 1. The molecule has 0 saturated heterocycles. The van der Waals surface area contributed by atoms with Crippen molar-refractivity contribution < 1.29 is 14.3 Å². The van der Waals surface area contributed by atoms with Crippen LogP contribution in [0.25, 0.3) is 11.1 Å². The average molecular weight is 386 g/mol. The third-order valence-electron chi connectivity index (χ3n) is 5.39. The number of hydrogen-bond donors (Lipinski definition) is 0. The van der Waals surface area contributed by atoms with E-state index >= 15 is 0 Å². The van der Waals surface area contributed by atoms with E-state index < -0.39 is 0 Å². The predicted octanol–water partition coefficient (Wildman–Crippen LogP) is 7.02. The molecular weight excluding hydrogens is 360 g/mol. The van der Waals surface area contributed by atoms with E-state index in [9.17, 15) is 4.79 Å². The highest BCUT2D eigenvalue weighted by Gasteiger charge is 2.18. The summed E-state index contributed by atoms with van der Waals surface area (Å²) in [5.74, 6) is 2.52. The second kappa shape index (κ2) is 9.42. The summed E-state index contributed by atoms with van der Waals surface area (Å²) >= 11 is 0. The number of hydrogen-bond acceptors (Lipinski definition) is 3. The zero-order chi connectivity index (χ0) is 19.9. The highest BCUT2D eigenvalue weighted by molar-refractivity contribution is 5.74. The van der Waals surface area contributed by atoms with Crippen LogP contribution in [-0.2, 0) is 4.79 Å². The van der Waals surface area contributed by atoms with Crippen molar-refractivity contribution in [3.05, 3.63) is 78.9 Å². The molecule has 0 N–H and O–H groups in total. The molecule has 1 fully saturated rings. The van der Waals surface area contributed by atoms with Crippen molar-refractivity contribution in [2.24, 2.45) is 5.92 Å². The van der Waals surface area contributed by atoms with Crippen LogP contribution in [0.1, 0.15) is 38.5 Å². The molecule has 3 nitrogen and oxygen atoms in total. The first-order chi connectivity index (χ1) is 14.3. The fraction of sp³-hybridized carbons (Fsp3) is 0.269. The minimum Gasteiger partial charge on any atom is -0.457 e. The monoisotopic (exact) mass is 386 g/mol. The van der Waals surface area contributed by atoms with Gasteiger partial charge in [-0.1, -0.05) is 61.7 Å². The van der Waals surface area contributed by atoms with Gasteiger partial charge in [-0.3, -0.25) is 4.79 Å². The van der Waals surface area contributed by atoms with Gasteiger partial charge in [0.15, 0.2) is 0 Å². The maximum Gasteiger partial charge on any atom is 0.311 e. The first-order valence-electron chi connectivity index (χ1n) is 10.4. The first-order valence-corrected chi connectivity index (χ1v) is 10.4. The Hall–Kier alpha value is -3.07. The molecule has 0 radical (unpaired) electrons. The number of rotatable bonds is 6. The number of esters is 1. The molecule has 3 aromatic rings. The van der Waals surface area contributed by atoms with Gasteiger partial charge in [0.2, 0.25) is 0 Å². The molecule has 4 rings (SSSR count). The van der Waals surface area contributed by atoms with Crippen molar-refractivity contribution in [1.29, 1.82) is 0 Å². The minimum atomic E-state index is -0.129. The van der Waals surface area contributed by atoms with E-state index in [1.807, 2.05) is 78.9 Å². The number of carbonyl (C=O) groups is 1. The summed E-state index contributed by atoms with van der Waals surface area (Å²) in [5.41, 5.74) is 2.01. The van der Waals surface area contributed by atoms with Crippen LogP contribution in [0.15, 0.2) is 78.9 Å². The molecule has 0 heterocycles. The lowest BCUT2D eigenvalue weighted by molar-refractivity contribution is -0.135. The highest BCUT2D eigenvalue weighted by atomic mass is 16.5. The van der Waals surface area contributed by atoms with E-state index in [1.165, 1.54) is 19.3 Å². The smallest absolute Gasteiger partial charge is 0.311 e. The van der Waals surface area contributed by atoms with Crippen molar-refractivity contribution in [3.8, 4) is 28.4 Å². The van der Waals surface area contributed by atoms with Crippen LogP contribution < -0.4 is 9.47 Å². The van der Waals surface area contributed by atoms with Crippen LogP contribution in [0.4, 0.5) is 0 Å². The maximum absolute atomic E-state index is 12.3. The highest BCUT2D eigenvalue weighted by Crippen LogP contribution is 2.30.